The molecule has 2 aromatic carbocycles. The molecule has 1 radical (unpaired) electrons. The molecular weight excluding hydrogens is 220 g/mol. The van der Waals surface area contributed by atoms with Crippen LogP contribution in [0.1, 0.15) is 31.2 Å². The average molecular weight is 237 g/mol. The van der Waals surface area contributed by atoms with Gasteiger partial charge >= 0.3 is 0 Å². The van der Waals surface area contributed by atoms with E-state index < -0.39 is 0 Å². The van der Waals surface area contributed by atoms with E-state index in [0.29, 0.717) is 5.92 Å². The van der Waals surface area contributed by atoms with Gasteiger partial charge in [-0.1, -0.05) is 50.6 Å². The minimum atomic E-state index is 0.495. The third kappa shape index (κ3) is 1.71. The Hall–Kier alpha value is -1.76. The second kappa shape index (κ2) is 4.49. The molecular formula is C17H17O. The third-order valence-corrected chi connectivity index (χ3v) is 3.66. The summed E-state index contributed by atoms with van der Waals surface area (Å²) in [6, 6.07) is 12.7. The molecule has 1 atom stereocenters. The van der Waals surface area contributed by atoms with Crippen LogP contribution in [0.15, 0.2) is 47.1 Å². The summed E-state index contributed by atoms with van der Waals surface area (Å²) in [5, 5.41) is 3.83. The van der Waals surface area contributed by atoms with E-state index in [1.165, 1.54) is 21.7 Å². The van der Waals surface area contributed by atoms with Gasteiger partial charge in [0.05, 0.1) is 6.26 Å². The summed E-state index contributed by atoms with van der Waals surface area (Å²) < 4.78 is 5.70. The van der Waals surface area contributed by atoms with E-state index in [1.54, 1.807) is 0 Å². The average Bonchev–Trinajstić information content (AvgIpc) is 2.83. The minimum Gasteiger partial charge on any atom is -0.464 e. The third-order valence-electron chi connectivity index (χ3n) is 3.66. The molecule has 0 bridgehead atoms. The number of hydrogen-bond acceptors (Lipinski definition) is 1. The molecule has 1 heterocycles. The first-order valence-electron chi connectivity index (χ1n) is 6.49. The van der Waals surface area contributed by atoms with Gasteiger partial charge in [-0.3, -0.25) is 0 Å². The molecule has 1 nitrogen and oxygen atoms in total. The standard InChI is InChI=1S/C17H17O/c1-3-6-12(2)15-11-18-16-10-9-13-7-4-5-8-14(13)17(15)16/h4-5,7-12H,1,3,6H2,2H3. The van der Waals surface area contributed by atoms with Crippen molar-refractivity contribution in [1.82, 2.24) is 0 Å². The Labute approximate surface area is 107 Å². The molecule has 0 aliphatic heterocycles. The SMILES string of the molecule is [CH2]CCC(C)c1coc2ccc3ccccc3c12. The molecule has 0 spiro atoms. The van der Waals surface area contributed by atoms with Crippen LogP contribution in [0.5, 0.6) is 0 Å². The van der Waals surface area contributed by atoms with Gasteiger partial charge in [-0.2, -0.15) is 0 Å². The Morgan fingerprint density at radius 3 is 2.83 bits per heavy atom. The van der Waals surface area contributed by atoms with Gasteiger partial charge in [0.15, 0.2) is 0 Å². The van der Waals surface area contributed by atoms with Gasteiger partial charge in [-0.05, 0) is 29.2 Å². The van der Waals surface area contributed by atoms with E-state index in [1.807, 2.05) is 6.26 Å². The fraction of sp³-hybridized carbons (Fsp3) is 0.235. The van der Waals surface area contributed by atoms with E-state index in [2.05, 4.69) is 50.2 Å². The monoisotopic (exact) mass is 237 g/mol. The predicted octanol–water partition coefficient (Wildman–Crippen LogP) is 5.30. The summed E-state index contributed by atoms with van der Waals surface area (Å²) >= 11 is 0. The Morgan fingerprint density at radius 2 is 2.00 bits per heavy atom. The molecule has 91 valence electrons. The molecule has 18 heavy (non-hydrogen) atoms. The lowest BCUT2D eigenvalue weighted by atomic mass is 9.93. The highest BCUT2D eigenvalue weighted by Crippen LogP contribution is 2.35. The van der Waals surface area contributed by atoms with Crippen LogP contribution in [0.25, 0.3) is 21.7 Å². The molecule has 1 aromatic heterocycles. The van der Waals surface area contributed by atoms with Crippen molar-refractivity contribution in [2.75, 3.05) is 0 Å². The fourth-order valence-electron chi connectivity index (χ4n) is 2.66. The number of fused-ring (bicyclic) bond motifs is 3. The van der Waals surface area contributed by atoms with Crippen LogP contribution in [0.4, 0.5) is 0 Å². The fourth-order valence-corrected chi connectivity index (χ4v) is 2.66. The van der Waals surface area contributed by atoms with Crippen molar-refractivity contribution < 1.29 is 4.42 Å². The highest BCUT2D eigenvalue weighted by Gasteiger charge is 2.14. The van der Waals surface area contributed by atoms with Crippen LogP contribution in [-0.2, 0) is 0 Å². The first kappa shape index (κ1) is 11.3. The Kier molecular flexibility index (Phi) is 2.83. The molecule has 0 fully saturated rings. The van der Waals surface area contributed by atoms with E-state index in [-0.39, 0.29) is 0 Å². The molecule has 0 saturated heterocycles. The molecule has 0 N–H and O–H groups in total. The van der Waals surface area contributed by atoms with Crippen molar-refractivity contribution in [2.45, 2.75) is 25.7 Å². The number of furan rings is 1. The molecule has 1 unspecified atom stereocenters. The summed E-state index contributed by atoms with van der Waals surface area (Å²) in [4.78, 5) is 0. The molecule has 0 amide bonds. The number of hydrogen-bond donors (Lipinski definition) is 0. The summed E-state index contributed by atoms with van der Waals surface area (Å²) in [7, 11) is 0. The lowest BCUT2D eigenvalue weighted by molar-refractivity contribution is 0.597. The largest absolute Gasteiger partial charge is 0.464 e. The molecule has 3 rings (SSSR count). The molecule has 3 aromatic rings. The van der Waals surface area contributed by atoms with Gasteiger partial charge in [0.25, 0.3) is 0 Å². The van der Waals surface area contributed by atoms with Gasteiger partial charge < -0.3 is 4.42 Å². The van der Waals surface area contributed by atoms with Crippen LogP contribution in [0.3, 0.4) is 0 Å². The quantitative estimate of drug-likeness (QED) is 0.602. The van der Waals surface area contributed by atoms with Crippen LogP contribution < -0.4 is 0 Å². The summed E-state index contributed by atoms with van der Waals surface area (Å²) in [6.07, 6.45) is 3.97. The first-order valence-corrected chi connectivity index (χ1v) is 6.49. The van der Waals surface area contributed by atoms with Gasteiger partial charge in [0, 0.05) is 10.9 Å². The van der Waals surface area contributed by atoms with Crippen LogP contribution in [0, 0.1) is 6.92 Å². The van der Waals surface area contributed by atoms with Crippen molar-refractivity contribution >= 4 is 21.7 Å². The molecule has 0 saturated carbocycles. The van der Waals surface area contributed by atoms with Crippen LogP contribution in [-0.4, -0.2) is 0 Å². The topological polar surface area (TPSA) is 13.1 Å². The smallest absolute Gasteiger partial charge is 0.134 e. The second-order valence-electron chi connectivity index (χ2n) is 4.89. The zero-order chi connectivity index (χ0) is 12.5. The Balaban J connectivity index is 2.30. The normalized spacial score (nSPS) is 13.2. The van der Waals surface area contributed by atoms with Crippen molar-refractivity contribution in [2.24, 2.45) is 0 Å². The van der Waals surface area contributed by atoms with E-state index >= 15 is 0 Å². The van der Waals surface area contributed by atoms with Gasteiger partial charge in [0.2, 0.25) is 0 Å². The van der Waals surface area contributed by atoms with E-state index in [0.717, 1.165) is 18.4 Å². The zero-order valence-electron chi connectivity index (χ0n) is 10.6. The highest BCUT2D eigenvalue weighted by molar-refractivity contribution is 6.07. The maximum atomic E-state index is 5.70. The van der Waals surface area contributed by atoms with Crippen molar-refractivity contribution in [1.29, 1.82) is 0 Å². The number of benzene rings is 2. The van der Waals surface area contributed by atoms with Crippen molar-refractivity contribution in [3.63, 3.8) is 0 Å². The lowest BCUT2D eigenvalue weighted by Crippen LogP contribution is -1.91. The summed E-state index contributed by atoms with van der Waals surface area (Å²) in [5.74, 6) is 0.495. The molecule has 1 heteroatoms. The zero-order valence-corrected chi connectivity index (χ0v) is 10.6. The Bertz CT molecular complexity index is 678. The maximum Gasteiger partial charge on any atom is 0.134 e. The van der Waals surface area contributed by atoms with E-state index in [4.69, 9.17) is 4.42 Å². The predicted molar refractivity (Wildman–Crippen MR) is 76.7 cm³/mol. The lowest BCUT2D eigenvalue weighted by Gasteiger charge is -2.09. The highest BCUT2D eigenvalue weighted by atomic mass is 16.3. The number of rotatable bonds is 3. The van der Waals surface area contributed by atoms with Crippen LogP contribution >= 0.6 is 0 Å². The van der Waals surface area contributed by atoms with Gasteiger partial charge in [-0.25, -0.2) is 0 Å². The second-order valence-corrected chi connectivity index (χ2v) is 4.89. The van der Waals surface area contributed by atoms with Crippen molar-refractivity contribution in [3.8, 4) is 0 Å². The summed E-state index contributed by atoms with van der Waals surface area (Å²) in [5.41, 5.74) is 2.30. The molecule has 0 aliphatic carbocycles. The maximum absolute atomic E-state index is 5.70. The molecule has 0 aliphatic rings. The first-order chi connectivity index (χ1) is 8.81. The van der Waals surface area contributed by atoms with Gasteiger partial charge in [0.1, 0.15) is 5.58 Å². The van der Waals surface area contributed by atoms with Crippen LogP contribution in [0.2, 0.25) is 0 Å². The minimum absolute atomic E-state index is 0.495. The Morgan fingerprint density at radius 1 is 1.17 bits per heavy atom. The van der Waals surface area contributed by atoms with Crippen molar-refractivity contribution in [3.05, 3.63) is 55.1 Å². The van der Waals surface area contributed by atoms with Gasteiger partial charge in [-0.15, -0.1) is 0 Å². The van der Waals surface area contributed by atoms with E-state index in [9.17, 15) is 0 Å². The summed E-state index contributed by atoms with van der Waals surface area (Å²) in [6.45, 7) is 6.19.